The molecule has 0 radical (unpaired) electrons. The van der Waals surface area contributed by atoms with Crippen molar-refractivity contribution in [3.63, 3.8) is 0 Å². The third kappa shape index (κ3) is 1.75. The first kappa shape index (κ1) is 11.5. The standard InChI is InChI=1S/C15H17FN2/c1-10-14(16)6-5-12-13(8-17-15(10)12)11-4-3-7-18(2)9-11/h4-6,8,17H,3,7,9H2,1-2H3. The van der Waals surface area contributed by atoms with Gasteiger partial charge in [-0.3, -0.25) is 0 Å². The molecule has 3 heteroatoms. The van der Waals surface area contributed by atoms with Crippen LogP contribution in [0.1, 0.15) is 17.5 Å². The minimum Gasteiger partial charge on any atom is -0.360 e. The first-order valence-electron chi connectivity index (χ1n) is 6.31. The van der Waals surface area contributed by atoms with Crippen molar-refractivity contribution < 1.29 is 4.39 Å². The molecule has 0 saturated heterocycles. The van der Waals surface area contributed by atoms with Crippen molar-refractivity contribution in [1.82, 2.24) is 9.88 Å². The van der Waals surface area contributed by atoms with Crippen molar-refractivity contribution in [2.24, 2.45) is 0 Å². The van der Waals surface area contributed by atoms with Gasteiger partial charge in [-0.05, 0) is 38.1 Å². The summed E-state index contributed by atoms with van der Waals surface area (Å²) in [6.07, 6.45) is 5.38. The highest BCUT2D eigenvalue weighted by Gasteiger charge is 2.15. The monoisotopic (exact) mass is 244 g/mol. The maximum Gasteiger partial charge on any atom is 0.128 e. The van der Waals surface area contributed by atoms with Crippen LogP contribution in [0.25, 0.3) is 16.5 Å². The lowest BCUT2D eigenvalue weighted by molar-refractivity contribution is 0.373. The predicted molar refractivity (Wildman–Crippen MR) is 73.1 cm³/mol. The summed E-state index contributed by atoms with van der Waals surface area (Å²) < 4.78 is 13.5. The van der Waals surface area contributed by atoms with Gasteiger partial charge in [0, 0.05) is 35.8 Å². The fourth-order valence-electron chi connectivity index (χ4n) is 2.67. The van der Waals surface area contributed by atoms with Gasteiger partial charge in [0.15, 0.2) is 0 Å². The topological polar surface area (TPSA) is 19.0 Å². The lowest BCUT2D eigenvalue weighted by atomic mass is 10.00. The van der Waals surface area contributed by atoms with E-state index in [0.29, 0.717) is 5.56 Å². The quantitative estimate of drug-likeness (QED) is 0.815. The van der Waals surface area contributed by atoms with Gasteiger partial charge in [-0.25, -0.2) is 4.39 Å². The van der Waals surface area contributed by atoms with Crippen LogP contribution in [0.3, 0.4) is 0 Å². The van der Waals surface area contributed by atoms with Gasteiger partial charge in [-0.2, -0.15) is 0 Å². The maximum atomic E-state index is 13.5. The Labute approximate surface area is 106 Å². The molecule has 94 valence electrons. The maximum absolute atomic E-state index is 13.5. The van der Waals surface area contributed by atoms with Gasteiger partial charge in [-0.15, -0.1) is 0 Å². The third-order valence-electron chi connectivity index (χ3n) is 3.74. The van der Waals surface area contributed by atoms with Gasteiger partial charge >= 0.3 is 0 Å². The molecule has 1 aliphatic rings. The summed E-state index contributed by atoms with van der Waals surface area (Å²) >= 11 is 0. The smallest absolute Gasteiger partial charge is 0.128 e. The van der Waals surface area contributed by atoms with Crippen molar-refractivity contribution in [1.29, 1.82) is 0 Å². The lowest BCUT2D eigenvalue weighted by Crippen LogP contribution is -2.24. The number of likely N-dealkylation sites (N-methyl/N-ethyl adjacent to an activating group) is 1. The second-order valence-electron chi connectivity index (χ2n) is 5.05. The van der Waals surface area contributed by atoms with E-state index in [9.17, 15) is 4.39 Å². The molecule has 3 rings (SSSR count). The van der Waals surface area contributed by atoms with E-state index in [1.54, 1.807) is 6.07 Å². The van der Waals surface area contributed by atoms with E-state index in [1.165, 1.54) is 11.1 Å². The van der Waals surface area contributed by atoms with Gasteiger partial charge in [0.05, 0.1) is 5.52 Å². The summed E-state index contributed by atoms with van der Waals surface area (Å²) in [6.45, 7) is 3.89. The minimum atomic E-state index is -0.148. The van der Waals surface area contributed by atoms with Crippen LogP contribution in [-0.2, 0) is 0 Å². The molecule has 0 unspecified atom stereocenters. The molecule has 18 heavy (non-hydrogen) atoms. The zero-order valence-electron chi connectivity index (χ0n) is 10.8. The summed E-state index contributed by atoms with van der Waals surface area (Å²) in [5.41, 5.74) is 4.16. The summed E-state index contributed by atoms with van der Waals surface area (Å²) in [5.74, 6) is -0.148. The van der Waals surface area contributed by atoms with E-state index in [1.807, 2.05) is 19.2 Å². The molecule has 1 aromatic carbocycles. The Morgan fingerprint density at radius 2 is 2.17 bits per heavy atom. The zero-order chi connectivity index (χ0) is 12.7. The third-order valence-corrected chi connectivity index (χ3v) is 3.74. The van der Waals surface area contributed by atoms with Crippen molar-refractivity contribution in [2.75, 3.05) is 20.1 Å². The number of H-pyrrole nitrogens is 1. The largest absolute Gasteiger partial charge is 0.360 e. The molecule has 0 fully saturated rings. The molecule has 1 N–H and O–H groups in total. The molecule has 1 aliphatic heterocycles. The van der Waals surface area contributed by atoms with Gasteiger partial charge in [0.2, 0.25) is 0 Å². The SMILES string of the molecule is Cc1c(F)ccc2c(C3=CCCN(C)C3)c[nH]c12. The number of nitrogens with one attached hydrogen (secondary N) is 1. The van der Waals surface area contributed by atoms with E-state index in [2.05, 4.69) is 23.0 Å². The number of fused-ring (bicyclic) bond motifs is 1. The van der Waals surface area contributed by atoms with E-state index in [0.717, 1.165) is 30.4 Å². The van der Waals surface area contributed by atoms with Crippen LogP contribution in [0.2, 0.25) is 0 Å². The number of rotatable bonds is 1. The van der Waals surface area contributed by atoms with E-state index >= 15 is 0 Å². The average molecular weight is 244 g/mol. The molecular formula is C15H17FN2. The van der Waals surface area contributed by atoms with E-state index in [-0.39, 0.29) is 5.82 Å². The number of aromatic nitrogens is 1. The summed E-state index contributed by atoms with van der Waals surface area (Å²) in [7, 11) is 2.13. The van der Waals surface area contributed by atoms with Crippen molar-refractivity contribution in [3.05, 3.63) is 41.3 Å². The molecule has 2 heterocycles. The van der Waals surface area contributed by atoms with Crippen LogP contribution in [-0.4, -0.2) is 30.0 Å². The fourth-order valence-corrected chi connectivity index (χ4v) is 2.67. The van der Waals surface area contributed by atoms with Crippen LogP contribution >= 0.6 is 0 Å². The Morgan fingerprint density at radius 1 is 1.33 bits per heavy atom. The van der Waals surface area contributed by atoms with Gasteiger partial charge in [0.25, 0.3) is 0 Å². The van der Waals surface area contributed by atoms with Gasteiger partial charge in [0.1, 0.15) is 5.82 Å². The van der Waals surface area contributed by atoms with Gasteiger partial charge in [-0.1, -0.05) is 6.08 Å². The molecule has 0 atom stereocenters. The molecule has 0 bridgehead atoms. The van der Waals surface area contributed by atoms with Crippen LogP contribution < -0.4 is 0 Å². The molecule has 0 saturated carbocycles. The fraction of sp³-hybridized carbons (Fsp3) is 0.333. The number of nitrogens with zero attached hydrogens (tertiary/aromatic N) is 1. The Kier molecular flexibility index (Phi) is 2.71. The number of benzene rings is 1. The molecule has 0 spiro atoms. The van der Waals surface area contributed by atoms with Crippen molar-refractivity contribution in [2.45, 2.75) is 13.3 Å². The Bertz CT molecular complexity index is 625. The van der Waals surface area contributed by atoms with Crippen molar-refractivity contribution in [3.8, 4) is 0 Å². The number of aryl methyl sites for hydroxylation is 1. The molecular weight excluding hydrogens is 227 g/mol. The van der Waals surface area contributed by atoms with Crippen LogP contribution in [0, 0.1) is 12.7 Å². The lowest BCUT2D eigenvalue weighted by Gasteiger charge is -2.22. The Balaban J connectivity index is 2.14. The first-order chi connectivity index (χ1) is 8.66. The van der Waals surface area contributed by atoms with Crippen LogP contribution in [0.4, 0.5) is 4.39 Å². The summed E-state index contributed by atoms with van der Waals surface area (Å²) in [5, 5.41) is 1.12. The second kappa shape index (κ2) is 4.25. The number of hydrogen-bond donors (Lipinski definition) is 1. The summed E-state index contributed by atoms with van der Waals surface area (Å²) in [4.78, 5) is 5.52. The molecule has 0 amide bonds. The summed E-state index contributed by atoms with van der Waals surface area (Å²) in [6, 6.07) is 3.43. The predicted octanol–water partition coefficient (Wildman–Crippen LogP) is 3.33. The molecule has 0 aliphatic carbocycles. The van der Waals surface area contributed by atoms with E-state index < -0.39 is 0 Å². The van der Waals surface area contributed by atoms with Crippen molar-refractivity contribution >= 4 is 16.5 Å². The Morgan fingerprint density at radius 3 is 2.94 bits per heavy atom. The normalized spacial score (nSPS) is 17.2. The minimum absolute atomic E-state index is 0.148. The van der Waals surface area contributed by atoms with E-state index in [4.69, 9.17) is 0 Å². The van der Waals surface area contributed by atoms with Gasteiger partial charge < -0.3 is 9.88 Å². The number of aromatic amines is 1. The first-order valence-corrected chi connectivity index (χ1v) is 6.31. The average Bonchev–Trinajstić information content (AvgIpc) is 2.78. The highest BCUT2D eigenvalue weighted by Crippen LogP contribution is 2.30. The highest BCUT2D eigenvalue weighted by molar-refractivity contribution is 5.94. The Hall–Kier alpha value is -1.61. The molecule has 2 aromatic rings. The van der Waals surface area contributed by atoms with Crippen LogP contribution in [0.5, 0.6) is 0 Å². The highest BCUT2D eigenvalue weighted by atomic mass is 19.1. The number of halogens is 1. The zero-order valence-corrected chi connectivity index (χ0v) is 10.8. The molecule has 2 nitrogen and oxygen atoms in total. The van der Waals surface area contributed by atoms with Crippen LogP contribution in [0.15, 0.2) is 24.4 Å². The number of hydrogen-bond acceptors (Lipinski definition) is 1. The second-order valence-corrected chi connectivity index (χ2v) is 5.05. The molecule has 1 aromatic heterocycles.